The van der Waals surface area contributed by atoms with E-state index in [9.17, 15) is 4.79 Å². The third-order valence-corrected chi connectivity index (χ3v) is 5.21. The molecule has 0 atom stereocenters. The van der Waals surface area contributed by atoms with Crippen LogP contribution in [-0.2, 0) is 10.2 Å². The molecule has 27 heavy (non-hydrogen) atoms. The fourth-order valence-electron chi connectivity index (χ4n) is 3.53. The van der Waals surface area contributed by atoms with Crippen LogP contribution in [-0.4, -0.2) is 12.7 Å². The highest BCUT2D eigenvalue weighted by Gasteiger charge is 2.51. The number of hydrogen-bond donors (Lipinski definition) is 1. The van der Waals surface area contributed by atoms with E-state index < -0.39 is 5.41 Å². The van der Waals surface area contributed by atoms with E-state index in [2.05, 4.69) is 5.32 Å². The number of benzene rings is 2. The summed E-state index contributed by atoms with van der Waals surface area (Å²) in [5.41, 5.74) is 1.37. The average molecular weight is 361 g/mol. The van der Waals surface area contributed by atoms with Crippen LogP contribution in [0.2, 0.25) is 0 Å². The monoisotopic (exact) mass is 361 g/mol. The minimum atomic E-state index is -0.467. The summed E-state index contributed by atoms with van der Waals surface area (Å²) in [5, 5.41) is 3.08. The third-order valence-electron chi connectivity index (χ3n) is 5.21. The number of nitrogens with one attached hydrogen (secondary N) is 1. The van der Waals surface area contributed by atoms with Crippen molar-refractivity contribution < 1.29 is 19.0 Å². The second-order valence-electron chi connectivity index (χ2n) is 7.02. The molecular weight excluding hydrogens is 342 g/mol. The fraction of sp³-hybridized carbons (Fsp3) is 0.227. The molecule has 1 fully saturated rings. The Bertz CT molecular complexity index is 958. The van der Waals surface area contributed by atoms with Gasteiger partial charge >= 0.3 is 0 Å². The number of para-hydroxylation sites is 1. The van der Waals surface area contributed by atoms with Gasteiger partial charge in [-0.1, -0.05) is 24.3 Å². The molecule has 0 radical (unpaired) electrons. The van der Waals surface area contributed by atoms with Gasteiger partial charge < -0.3 is 19.5 Å². The summed E-state index contributed by atoms with van der Waals surface area (Å²) in [5.74, 6) is 3.10. The maximum atomic E-state index is 13.0. The Morgan fingerprint density at radius 3 is 2.63 bits per heavy atom. The fourth-order valence-corrected chi connectivity index (χ4v) is 3.53. The number of carbonyl (C=O) groups is 1. The van der Waals surface area contributed by atoms with Crippen LogP contribution in [0.4, 0.5) is 0 Å². The van der Waals surface area contributed by atoms with E-state index in [1.165, 1.54) is 0 Å². The molecule has 0 aromatic heterocycles. The van der Waals surface area contributed by atoms with Gasteiger partial charge in [-0.15, -0.1) is 0 Å². The van der Waals surface area contributed by atoms with Gasteiger partial charge in [-0.05, 0) is 54.8 Å². The normalized spacial score (nSPS) is 18.5. The predicted octanol–water partition coefficient (Wildman–Crippen LogP) is 3.81. The summed E-state index contributed by atoms with van der Waals surface area (Å²) in [6, 6.07) is 15.4. The van der Waals surface area contributed by atoms with Crippen molar-refractivity contribution in [2.75, 3.05) is 6.79 Å². The van der Waals surface area contributed by atoms with Gasteiger partial charge in [-0.2, -0.15) is 0 Å². The van der Waals surface area contributed by atoms with E-state index in [4.69, 9.17) is 14.2 Å². The molecule has 1 heterocycles. The van der Waals surface area contributed by atoms with E-state index in [-0.39, 0.29) is 12.7 Å². The molecule has 5 nitrogen and oxygen atoms in total. The summed E-state index contributed by atoms with van der Waals surface area (Å²) in [4.78, 5) is 13.0. The average Bonchev–Trinajstić information content (AvgIpc) is 3.17. The highest BCUT2D eigenvalue weighted by Crippen LogP contribution is 2.50. The zero-order valence-electron chi connectivity index (χ0n) is 14.7. The maximum Gasteiger partial charge on any atom is 0.234 e. The summed E-state index contributed by atoms with van der Waals surface area (Å²) >= 11 is 0. The van der Waals surface area contributed by atoms with Crippen LogP contribution in [0.1, 0.15) is 24.8 Å². The zero-order chi connectivity index (χ0) is 18.3. The first-order chi connectivity index (χ1) is 13.2. The van der Waals surface area contributed by atoms with Crippen LogP contribution in [0.5, 0.6) is 17.2 Å². The summed E-state index contributed by atoms with van der Waals surface area (Å²) in [7, 11) is 0. The van der Waals surface area contributed by atoms with Gasteiger partial charge in [-0.25, -0.2) is 0 Å². The summed E-state index contributed by atoms with van der Waals surface area (Å²) in [6.07, 6.45) is 6.08. The van der Waals surface area contributed by atoms with E-state index >= 15 is 0 Å². The lowest BCUT2D eigenvalue weighted by atomic mass is 9.94. The van der Waals surface area contributed by atoms with Crippen molar-refractivity contribution >= 4 is 5.91 Å². The number of rotatable bonds is 5. The standard InChI is InChI=1S/C22H19NO4/c24-21(22(10-11-22)15-6-9-19-20(12-15)26-14-25-19)23-16-7-8-18(13-16)27-17-4-2-1-3-5-17/h1-9,12H,10-11,13-14H2,(H,23,24). The van der Waals surface area contributed by atoms with E-state index in [0.717, 1.165) is 41.4 Å². The number of fused-ring (bicyclic) bond motifs is 1. The topological polar surface area (TPSA) is 56.8 Å². The molecular formula is C22H19NO4. The third kappa shape index (κ3) is 2.95. The van der Waals surface area contributed by atoms with Gasteiger partial charge in [0.15, 0.2) is 11.5 Å². The van der Waals surface area contributed by atoms with Gasteiger partial charge in [-0.3, -0.25) is 4.79 Å². The van der Waals surface area contributed by atoms with E-state index in [1.807, 2.05) is 60.7 Å². The lowest BCUT2D eigenvalue weighted by molar-refractivity contribution is -0.122. The van der Waals surface area contributed by atoms with Crippen molar-refractivity contribution in [3.8, 4) is 17.2 Å². The first-order valence-electron chi connectivity index (χ1n) is 9.07. The number of carbonyl (C=O) groups excluding carboxylic acids is 1. The van der Waals surface area contributed by atoms with Crippen molar-refractivity contribution in [3.63, 3.8) is 0 Å². The minimum absolute atomic E-state index is 0.0296. The van der Waals surface area contributed by atoms with Crippen LogP contribution in [0, 0.1) is 0 Å². The molecule has 5 heteroatoms. The molecule has 136 valence electrons. The second-order valence-corrected chi connectivity index (χ2v) is 7.02. The molecule has 5 rings (SSSR count). The van der Waals surface area contributed by atoms with Crippen molar-refractivity contribution in [2.45, 2.75) is 24.7 Å². The summed E-state index contributed by atoms with van der Waals surface area (Å²) < 4.78 is 16.7. The number of amides is 1. The zero-order valence-corrected chi connectivity index (χ0v) is 14.7. The van der Waals surface area contributed by atoms with Gasteiger partial charge in [0.1, 0.15) is 11.5 Å². The van der Waals surface area contributed by atoms with Gasteiger partial charge in [0.05, 0.1) is 5.41 Å². The van der Waals surface area contributed by atoms with Gasteiger partial charge in [0.2, 0.25) is 12.7 Å². The smallest absolute Gasteiger partial charge is 0.234 e. The molecule has 1 amide bonds. The Balaban J connectivity index is 1.24. The Morgan fingerprint density at radius 2 is 1.81 bits per heavy atom. The molecule has 3 aliphatic rings. The largest absolute Gasteiger partial charge is 0.461 e. The first-order valence-corrected chi connectivity index (χ1v) is 9.07. The highest BCUT2D eigenvalue weighted by molar-refractivity contribution is 5.92. The Hall–Kier alpha value is -3.21. The van der Waals surface area contributed by atoms with Crippen LogP contribution in [0.3, 0.4) is 0 Å². The van der Waals surface area contributed by atoms with Crippen LogP contribution in [0.25, 0.3) is 0 Å². The van der Waals surface area contributed by atoms with E-state index in [0.29, 0.717) is 12.2 Å². The maximum absolute atomic E-state index is 13.0. The van der Waals surface area contributed by atoms with Crippen LogP contribution in [0.15, 0.2) is 72.1 Å². The lowest BCUT2D eigenvalue weighted by Gasteiger charge is -2.17. The molecule has 2 aliphatic carbocycles. The Labute approximate surface area is 157 Å². The quantitative estimate of drug-likeness (QED) is 0.880. The van der Waals surface area contributed by atoms with Crippen molar-refractivity contribution in [1.29, 1.82) is 0 Å². The summed E-state index contributed by atoms with van der Waals surface area (Å²) in [6.45, 7) is 0.237. The lowest BCUT2D eigenvalue weighted by Crippen LogP contribution is -2.34. The molecule has 2 aromatic rings. The molecule has 2 aromatic carbocycles. The van der Waals surface area contributed by atoms with Crippen LogP contribution < -0.4 is 19.5 Å². The van der Waals surface area contributed by atoms with Gasteiger partial charge in [0.25, 0.3) is 0 Å². The SMILES string of the molecule is O=C(NC1=CC=C(Oc2ccccc2)C1)C1(c2ccc3c(c2)OCO3)CC1. The molecule has 1 N–H and O–H groups in total. The van der Waals surface area contributed by atoms with Crippen molar-refractivity contribution in [2.24, 2.45) is 0 Å². The molecule has 0 unspecified atom stereocenters. The van der Waals surface area contributed by atoms with Crippen LogP contribution >= 0.6 is 0 Å². The predicted molar refractivity (Wildman–Crippen MR) is 99.5 cm³/mol. The first kappa shape index (κ1) is 16.0. The molecule has 0 saturated heterocycles. The van der Waals surface area contributed by atoms with Gasteiger partial charge in [0, 0.05) is 12.1 Å². The highest BCUT2D eigenvalue weighted by atomic mass is 16.7. The molecule has 0 bridgehead atoms. The van der Waals surface area contributed by atoms with Crippen molar-refractivity contribution in [1.82, 2.24) is 5.32 Å². The minimum Gasteiger partial charge on any atom is -0.461 e. The van der Waals surface area contributed by atoms with E-state index in [1.54, 1.807) is 0 Å². The Morgan fingerprint density at radius 1 is 1.00 bits per heavy atom. The number of hydrogen-bond acceptors (Lipinski definition) is 4. The number of ether oxygens (including phenoxy) is 3. The van der Waals surface area contributed by atoms with Crippen molar-refractivity contribution in [3.05, 3.63) is 77.7 Å². The number of allylic oxidation sites excluding steroid dienone is 2. The molecule has 1 aliphatic heterocycles. The molecule has 1 saturated carbocycles. The molecule has 0 spiro atoms. The Kier molecular flexibility index (Phi) is 3.67. The second kappa shape index (κ2) is 6.20.